The largest absolute Gasteiger partial charge is 0.364 e. The maximum Gasteiger partial charge on any atom is 0.103 e. The molecule has 4 heteroatoms. The van der Waals surface area contributed by atoms with Crippen molar-refractivity contribution >= 4 is 5.69 Å². The average molecular weight is 204 g/mol. The summed E-state index contributed by atoms with van der Waals surface area (Å²) >= 11 is 0. The zero-order chi connectivity index (χ0) is 11.4. The number of hydrogen-bond donors (Lipinski definition) is 0. The average Bonchev–Trinajstić information content (AvgIpc) is 2.17. The SMILES string of the molecule is CC(C)N(c1cnncc1C#N)C(C)C. The van der Waals surface area contributed by atoms with Gasteiger partial charge in [0.1, 0.15) is 6.07 Å². The molecule has 4 nitrogen and oxygen atoms in total. The lowest BCUT2D eigenvalue weighted by atomic mass is 10.1. The molecule has 1 aromatic rings. The van der Waals surface area contributed by atoms with Gasteiger partial charge < -0.3 is 4.90 Å². The maximum atomic E-state index is 8.99. The number of anilines is 1. The third-order valence-corrected chi connectivity index (χ3v) is 2.22. The van der Waals surface area contributed by atoms with Gasteiger partial charge in [-0.05, 0) is 27.7 Å². The summed E-state index contributed by atoms with van der Waals surface area (Å²) in [6.07, 6.45) is 3.16. The van der Waals surface area contributed by atoms with Gasteiger partial charge in [-0.3, -0.25) is 0 Å². The molecule has 0 N–H and O–H groups in total. The van der Waals surface area contributed by atoms with Gasteiger partial charge in [-0.15, -0.1) is 0 Å². The molecule has 0 aliphatic heterocycles. The molecular formula is C11H16N4. The number of hydrogen-bond acceptors (Lipinski definition) is 4. The fourth-order valence-electron chi connectivity index (χ4n) is 1.76. The van der Waals surface area contributed by atoms with Gasteiger partial charge in [0.25, 0.3) is 0 Å². The predicted octanol–water partition coefficient (Wildman–Crippen LogP) is 1.97. The van der Waals surface area contributed by atoms with E-state index in [1.807, 2.05) is 0 Å². The molecule has 0 saturated heterocycles. The second kappa shape index (κ2) is 4.74. The maximum absolute atomic E-state index is 8.99. The van der Waals surface area contributed by atoms with Crippen molar-refractivity contribution in [1.82, 2.24) is 10.2 Å². The minimum atomic E-state index is 0.335. The van der Waals surface area contributed by atoms with Crippen molar-refractivity contribution in [3.05, 3.63) is 18.0 Å². The molecule has 80 valence electrons. The fraction of sp³-hybridized carbons (Fsp3) is 0.545. The van der Waals surface area contributed by atoms with E-state index >= 15 is 0 Å². The van der Waals surface area contributed by atoms with Gasteiger partial charge >= 0.3 is 0 Å². The van der Waals surface area contributed by atoms with Crippen molar-refractivity contribution in [2.75, 3.05) is 4.90 Å². The summed E-state index contributed by atoms with van der Waals surface area (Å²) in [5.74, 6) is 0. The predicted molar refractivity (Wildman–Crippen MR) is 59.5 cm³/mol. The van der Waals surface area contributed by atoms with Crippen LogP contribution in [0.4, 0.5) is 5.69 Å². The van der Waals surface area contributed by atoms with E-state index in [1.54, 1.807) is 6.20 Å². The summed E-state index contributed by atoms with van der Waals surface area (Å²) in [5, 5.41) is 16.5. The van der Waals surface area contributed by atoms with Crippen LogP contribution in [0.5, 0.6) is 0 Å². The Balaban J connectivity index is 3.18. The van der Waals surface area contributed by atoms with Crippen molar-refractivity contribution in [2.45, 2.75) is 39.8 Å². The van der Waals surface area contributed by atoms with E-state index in [4.69, 9.17) is 5.26 Å². The van der Waals surface area contributed by atoms with Crippen LogP contribution < -0.4 is 4.90 Å². The highest BCUT2D eigenvalue weighted by molar-refractivity contribution is 5.57. The minimum absolute atomic E-state index is 0.335. The van der Waals surface area contributed by atoms with Crippen LogP contribution in [-0.4, -0.2) is 22.3 Å². The van der Waals surface area contributed by atoms with E-state index < -0.39 is 0 Å². The molecule has 0 bridgehead atoms. The summed E-state index contributed by atoms with van der Waals surface area (Å²) < 4.78 is 0. The van der Waals surface area contributed by atoms with E-state index in [1.165, 1.54) is 6.20 Å². The lowest BCUT2D eigenvalue weighted by Gasteiger charge is -2.33. The highest BCUT2D eigenvalue weighted by atomic mass is 15.2. The Hall–Kier alpha value is -1.63. The van der Waals surface area contributed by atoms with Crippen LogP contribution in [0.25, 0.3) is 0 Å². The summed E-state index contributed by atoms with van der Waals surface area (Å²) in [6.45, 7) is 8.40. The van der Waals surface area contributed by atoms with Crippen LogP contribution in [0.15, 0.2) is 12.4 Å². The molecule has 0 fully saturated rings. The fourth-order valence-corrected chi connectivity index (χ4v) is 1.76. The molecule has 0 aliphatic rings. The smallest absolute Gasteiger partial charge is 0.103 e. The monoisotopic (exact) mass is 204 g/mol. The van der Waals surface area contributed by atoms with Gasteiger partial charge in [0.15, 0.2) is 0 Å². The summed E-state index contributed by atoms with van der Waals surface area (Å²) in [4.78, 5) is 2.16. The summed E-state index contributed by atoms with van der Waals surface area (Å²) in [7, 11) is 0. The number of nitrogens with zero attached hydrogens (tertiary/aromatic N) is 4. The number of aromatic nitrogens is 2. The Kier molecular flexibility index (Phi) is 3.62. The first kappa shape index (κ1) is 11.4. The molecule has 0 saturated carbocycles. The molecule has 0 aromatic carbocycles. The van der Waals surface area contributed by atoms with Gasteiger partial charge in [0.05, 0.1) is 23.6 Å². The first-order valence-corrected chi connectivity index (χ1v) is 5.07. The van der Waals surface area contributed by atoms with Crippen LogP contribution in [-0.2, 0) is 0 Å². The molecule has 0 aliphatic carbocycles. The quantitative estimate of drug-likeness (QED) is 0.755. The van der Waals surface area contributed by atoms with Crippen LogP contribution in [0.1, 0.15) is 33.3 Å². The molecule has 0 amide bonds. The molecule has 0 unspecified atom stereocenters. The molecule has 1 aromatic heterocycles. The first-order valence-electron chi connectivity index (χ1n) is 5.07. The second-order valence-corrected chi connectivity index (χ2v) is 3.99. The number of rotatable bonds is 3. The van der Waals surface area contributed by atoms with E-state index in [2.05, 4.69) is 48.9 Å². The van der Waals surface area contributed by atoms with Crippen molar-refractivity contribution in [1.29, 1.82) is 5.26 Å². The topological polar surface area (TPSA) is 52.8 Å². The van der Waals surface area contributed by atoms with Crippen LogP contribution >= 0.6 is 0 Å². The molecule has 0 spiro atoms. The minimum Gasteiger partial charge on any atom is -0.364 e. The van der Waals surface area contributed by atoms with Gasteiger partial charge in [0.2, 0.25) is 0 Å². The Bertz CT molecular complexity index is 357. The highest BCUT2D eigenvalue weighted by Crippen LogP contribution is 2.22. The lowest BCUT2D eigenvalue weighted by molar-refractivity contribution is 0.605. The van der Waals surface area contributed by atoms with Crippen LogP contribution in [0, 0.1) is 11.3 Å². The zero-order valence-electron chi connectivity index (χ0n) is 9.60. The van der Waals surface area contributed by atoms with Crippen LogP contribution in [0.2, 0.25) is 0 Å². The first-order chi connectivity index (χ1) is 7.07. The molecule has 1 heterocycles. The van der Waals surface area contributed by atoms with Crippen molar-refractivity contribution in [3.63, 3.8) is 0 Å². The van der Waals surface area contributed by atoms with E-state index in [-0.39, 0.29) is 0 Å². The van der Waals surface area contributed by atoms with Gasteiger partial charge in [0, 0.05) is 12.1 Å². The zero-order valence-corrected chi connectivity index (χ0v) is 9.60. The Morgan fingerprint density at radius 2 is 1.67 bits per heavy atom. The normalized spacial score (nSPS) is 10.5. The summed E-state index contributed by atoms with van der Waals surface area (Å²) in [6, 6.07) is 2.81. The Morgan fingerprint density at radius 3 is 2.13 bits per heavy atom. The highest BCUT2D eigenvalue weighted by Gasteiger charge is 2.17. The molecular weight excluding hydrogens is 188 g/mol. The van der Waals surface area contributed by atoms with Crippen LogP contribution in [0.3, 0.4) is 0 Å². The van der Waals surface area contributed by atoms with Crippen molar-refractivity contribution in [3.8, 4) is 6.07 Å². The third kappa shape index (κ3) is 2.44. The Labute approximate surface area is 90.5 Å². The van der Waals surface area contributed by atoms with Gasteiger partial charge in [-0.2, -0.15) is 15.5 Å². The third-order valence-electron chi connectivity index (χ3n) is 2.22. The Morgan fingerprint density at radius 1 is 1.13 bits per heavy atom. The van der Waals surface area contributed by atoms with E-state index in [0.29, 0.717) is 17.6 Å². The van der Waals surface area contributed by atoms with Gasteiger partial charge in [-0.1, -0.05) is 0 Å². The lowest BCUT2D eigenvalue weighted by Crippen LogP contribution is -2.37. The van der Waals surface area contributed by atoms with E-state index in [0.717, 1.165) is 5.69 Å². The molecule has 1 rings (SSSR count). The van der Waals surface area contributed by atoms with Crippen molar-refractivity contribution < 1.29 is 0 Å². The molecule has 15 heavy (non-hydrogen) atoms. The van der Waals surface area contributed by atoms with Crippen molar-refractivity contribution in [2.24, 2.45) is 0 Å². The second-order valence-electron chi connectivity index (χ2n) is 3.99. The number of nitriles is 1. The molecule has 0 radical (unpaired) electrons. The van der Waals surface area contributed by atoms with Gasteiger partial charge in [-0.25, -0.2) is 0 Å². The molecule has 0 atom stereocenters. The summed E-state index contributed by atoms with van der Waals surface area (Å²) in [5.41, 5.74) is 1.44. The standard InChI is InChI=1S/C11H16N4/c1-8(2)15(9(3)4)11-7-14-13-6-10(11)5-12/h6-9H,1-4H3. The van der Waals surface area contributed by atoms with E-state index in [9.17, 15) is 0 Å².